The fourth-order valence-electron chi connectivity index (χ4n) is 1.41. The molecule has 2 rings (SSSR count). The van der Waals surface area contributed by atoms with Gasteiger partial charge in [0.15, 0.2) is 0 Å². The monoisotopic (exact) mass is 191 g/mol. The van der Waals surface area contributed by atoms with Crippen LogP contribution in [0.5, 0.6) is 0 Å². The van der Waals surface area contributed by atoms with Crippen molar-refractivity contribution >= 4 is 5.69 Å². The molecule has 0 bridgehead atoms. The minimum Gasteiger partial charge on any atom is -0.396 e. The van der Waals surface area contributed by atoms with Gasteiger partial charge in [-0.3, -0.25) is 0 Å². The van der Waals surface area contributed by atoms with E-state index in [1.54, 1.807) is 17.1 Å². The van der Waals surface area contributed by atoms with Crippen LogP contribution in [0.25, 0.3) is 0 Å². The van der Waals surface area contributed by atoms with Crippen molar-refractivity contribution in [2.75, 3.05) is 5.73 Å². The molecule has 0 unspecified atom stereocenters. The lowest BCUT2D eigenvalue weighted by molar-refractivity contribution is 0.491. The van der Waals surface area contributed by atoms with Crippen molar-refractivity contribution in [3.05, 3.63) is 29.8 Å². The Labute approximate surface area is 82.1 Å². The van der Waals surface area contributed by atoms with Gasteiger partial charge in [-0.1, -0.05) is 0 Å². The van der Waals surface area contributed by atoms with E-state index in [0.29, 0.717) is 12.4 Å². The van der Waals surface area contributed by atoms with Crippen molar-refractivity contribution in [3.8, 4) is 0 Å². The minimum absolute atomic E-state index is 0.608. The van der Waals surface area contributed by atoms with Crippen molar-refractivity contribution in [1.82, 2.24) is 19.6 Å². The van der Waals surface area contributed by atoms with Gasteiger partial charge in [0.25, 0.3) is 0 Å². The summed E-state index contributed by atoms with van der Waals surface area (Å²) in [6.07, 6.45) is 3.42. The SMILES string of the molecule is Cc1cc(C)n(Cn2cc(N)cn2)n1. The minimum atomic E-state index is 0.608. The van der Waals surface area contributed by atoms with Crippen LogP contribution in [-0.4, -0.2) is 19.6 Å². The summed E-state index contributed by atoms with van der Waals surface area (Å²) < 4.78 is 3.65. The summed E-state index contributed by atoms with van der Waals surface area (Å²) in [7, 11) is 0. The molecular formula is C9H13N5. The number of anilines is 1. The van der Waals surface area contributed by atoms with Crippen molar-refractivity contribution in [3.63, 3.8) is 0 Å². The first-order chi connectivity index (χ1) is 6.65. The maximum atomic E-state index is 5.56. The van der Waals surface area contributed by atoms with Gasteiger partial charge in [-0.15, -0.1) is 0 Å². The molecule has 2 N–H and O–H groups in total. The number of hydrogen-bond acceptors (Lipinski definition) is 3. The molecule has 0 amide bonds. The number of nitrogens with zero attached hydrogens (tertiary/aromatic N) is 4. The highest BCUT2D eigenvalue weighted by atomic mass is 15.4. The molecule has 14 heavy (non-hydrogen) atoms. The number of aryl methyl sites for hydroxylation is 2. The molecule has 2 aromatic rings. The third-order valence-electron chi connectivity index (χ3n) is 2.04. The quantitative estimate of drug-likeness (QED) is 0.763. The number of rotatable bonds is 2. The summed E-state index contributed by atoms with van der Waals surface area (Å²) in [6.45, 7) is 4.60. The number of aromatic nitrogens is 4. The maximum Gasteiger partial charge on any atom is 0.133 e. The topological polar surface area (TPSA) is 61.7 Å². The molecule has 0 atom stereocenters. The molecule has 2 aromatic heterocycles. The van der Waals surface area contributed by atoms with Crippen LogP contribution in [0.15, 0.2) is 18.5 Å². The molecule has 0 saturated carbocycles. The molecule has 0 spiro atoms. The second-order valence-corrected chi connectivity index (χ2v) is 3.38. The number of nitrogens with two attached hydrogens (primary N) is 1. The molecule has 0 aliphatic heterocycles. The average molecular weight is 191 g/mol. The Balaban J connectivity index is 2.22. The summed E-state index contributed by atoms with van der Waals surface area (Å²) in [5.41, 5.74) is 8.37. The standard InChI is InChI=1S/C9H13N5/c1-7-3-8(2)14(12-7)6-13-5-9(10)4-11-13/h3-5H,6,10H2,1-2H3. The maximum absolute atomic E-state index is 5.56. The zero-order valence-corrected chi connectivity index (χ0v) is 8.31. The molecule has 0 saturated heterocycles. The van der Waals surface area contributed by atoms with E-state index in [2.05, 4.69) is 10.2 Å². The second kappa shape index (κ2) is 3.17. The zero-order valence-electron chi connectivity index (χ0n) is 8.31. The normalized spacial score (nSPS) is 10.7. The predicted octanol–water partition coefficient (Wildman–Crippen LogP) is 0.784. The fraction of sp³-hybridized carbons (Fsp3) is 0.333. The van der Waals surface area contributed by atoms with Gasteiger partial charge in [-0.2, -0.15) is 10.2 Å². The third-order valence-corrected chi connectivity index (χ3v) is 2.04. The van der Waals surface area contributed by atoms with Gasteiger partial charge < -0.3 is 5.73 Å². The summed E-state index contributed by atoms with van der Waals surface area (Å²) in [5.74, 6) is 0. The summed E-state index contributed by atoms with van der Waals surface area (Å²) in [4.78, 5) is 0. The molecule has 0 radical (unpaired) electrons. The van der Waals surface area contributed by atoms with Gasteiger partial charge in [-0.25, -0.2) is 9.36 Å². The van der Waals surface area contributed by atoms with Crippen LogP contribution in [0.1, 0.15) is 11.4 Å². The van der Waals surface area contributed by atoms with E-state index in [4.69, 9.17) is 5.73 Å². The van der Waals surface area contributed by atoms with Gasteiger partial charge in [0.2, 0.25) is 0 Å². The molecule has 0 aliphatic rings. The molecular weight excluding hydrogens is 178 g/mol. The lowest BCUT2D eigenvalue weighted by atomic mass is 10.4. The van der Waals surface area contributed by atoms with Crippen molar-refractivity contribution in [2.45, 2.75) is 20.5 Å². The number of hydrogen-bond donors (Lipinski definition) is 1. The summed E-state index contributed by atoms with van der Waals surface area (Å²) >= 11 is 0. The van der Waals surface area contributed by atoms with Gasteiger partial charge in [0.05, 0.1) is 23.8 Å². The highest BCUT2D eigenvalue weighted by Crippen LogP contribution is 2.03. The van der Waals surface area contributed by atoms with Crippen molar-refractivity contribution < 1.29 is 0 Å². The Morgan fingerprint density at radius 3 is 2.71 bits per heavy atom. The van der Waals surface area contributed by atoms with Crippen LogP contribution in [0, 0.1) is 13.8 Å². The van der Waals surface area contributed by atoms with Crippen molar-refractivity contribution in [1.29, 1.82) is 0 Å². The summed E-state index contributed by atoms with van der Waals surface area (Å²) in [5, 5.41) is 8.42. The fourth-order valence-corrected chi connectivity index (χ4v) is 1.41. The van der Waals surface area contributed by atoms with Gasteiger partial charge in [0, 0.05) is 5.69 Å². The van der Waals surface area contributed by atoms with E-state index in [9.17, 15) is 0 Å². The van der Waals surface area contributed by atoms with Crippen LogP contribution in [-0.2, 0) is 6.67 Å². The molecule has 0 fully saturated rings. The molecule has 2 heterocycles. The lowest BCUT2D eigenvalue weighted by Gasteiger charge is -2.03. The zero-order chi connectivity index (χ0) is 10.1. The first kappa shape index (κ1) is 8.80. The van der Waals surface area contributed by atoms with Gasteiger partial charge in [0.1, 0.15) is 6.67 Å². The first-order valence-electron chi connectivity index (χ1n) is 4.44. The summed E-state index contributed by atoms with van der Waals surface area (Å²) in [6, 6.07) is 2.03. The van der Waals surface area contributed by atoms with E-state index < -0.39 is 0 Å². The van der Waals surface area contributed by atoms with Crippen LogP contribution in [0.4, 0.5) is 5.69 Å². The molecule has 5 nitrogen and oxygen atoms in total. The first-order valence-corrected chi connectivity index (χ1v) is 4.44. The second-order valence-electron chi connectivity index (χ2n) is 3.38. The number of nitrogen functional groups attached to an aromatic ring is 1. The Hall–Kier alpha value is -1.78. The Bertz CT molecular complexity index is 440. The van der Waals surface area contributed by atoms with E-state index in [1.165, 1.54) is 0 Å². The predicted molar refractivity (Wildman–Crippen MR) is 53.7 cm³/mol. The van der Waals surface area contributed by atoms with E-state index in [1.807, 2.05) is 24.6 Å². The van der Waals surface area contributed by atoms with Crippen molar-refractivity contribution in [2.24, 2.45) is 0 Å². The van der Waals surface area contributed by atoms with E-state index >= 15 is 0 Å². The molecule has 74 valence electrons. The van der Waals surface area contributed by atoms with E-state index in [-0.39, 0.29) is 0 Å². The third kappa shape index (κ3) is 1.61. The largest absolute Gasteiger partial charge is 0.396 e. The average Bonchev–Trinajstić information content (AvgIpc) is 2.61. The molecule has 0 aliphatic carbocycles. The molecule has 0 aromatic carbocycles. The Morgan fingerprint density at radius 2 is 2.21 bits per heavy atom. The Morgan fingerprint density at radius 1 is 1.43 bits per heavy atom. The molecule has 5 heteroatoms. The van der Waals surface area contributed by atoms with Gasteiger partial charge in [-0.05, 0) is 19.9 Å². The highest BCUT2D eigenvalue weighted by Gasteiger charge is 2.01. The van der Waals surface area contributed by atoms with E-state index in [0.717, 1.165) is 11.4 Å². The van der Waals surface area contributed by atoms with Crippen LogP contribution < -0.4 is 5.73 Å². The highest BCUT2D eigenvalue weighted by molar-refractivity contribution is 5.30. The Kier molecular flexibility index (Phi) is 1.99. The smallest absolute Gasteiger partial charge is 0.133 e. The van der Waals surface area contributed by atoms with Gasteiger partial charge >= 0.3 is 0 Å². The van der Waals surface area contributed by atoms with Crippen LogP contribution in [0.2, 0.25) is 0 Å². The van der Waals surface area contributed by atoms with Crippen LogP contribution >= 0.6 is 0 Å². The lowest BCUT2D eigenvalue weighted by Crippen LogP contribution is -2.11. The van der Waals surface area contributed by atoms with Crippen LogP contribution in [0.3, 0.4) is 0 Å².